The van der Waals surface area contributed by atoms with Crippen molar-refractivity contribution in [3.8, 4) is 16.9 Å². The van der Waals surface area contributed by atoms with Crippen LogP contribution >= 0.6 is 0 Å². The number of hydrogen-bond donors (Lipinski definition) is 0. The number of likely N-dealkylation sites (N-methyl/N-ethyl adjacent to an activating group) is 1. The third-order valence-corrected chi connectivity index (χ3v) is 4.74. The van der Waals surface area contributed by atoms with Crippen molar-refractivity contribution in [1.29, 1.82) is 0 Å². The van der Waals surface area contributed by atoms with Gasteiger partial charge in [-0.25, -0.2) is 4.39 Å². The zero-order chi connectivity index (χ0) is 18.8. The number of ether oxygens (including phenoxy) is 1. The van der Waals surface area contributed by atoms with Gasteiger partial charge in [-0.15, -0.1) is 0 Å². The third kappa shape index (κ3) is 3.27. The Morgan fingerprint density at radius 1 is 1.15 bits per heavy atom. The van der Waals surface area contributed by atoms with Crippen LogP contribution < -0.4 is 4.74 Å². The predicted molar refractivity (Wildman–Crippen MR) is 96.5 cm³/mol. The Balaban J connectivity index is 1.85. The summed E-state index contributed by atoms with van der Waals surface area (Å²) in [7, 11) is 3.27. The molecule has 1 aliphatic rings. The molecule has 0 N–H and O–H groups in total. The van der Waals surface area contributed by atoms with E-state index in [4.69, 9.17) is 4.74 Å². The van der Waals surface area contributed by atoms with Gasteiger partial charge in [-0.3, -0.25) is 9.59 Å². The van der Waals surface area contributed by atoms with Crippen molar-refractivity contribution >= 4 is 11.8 Å². The van der Waals surface area contributed by atoms with Gasteiger partial charge in [0.25, 0.3) is 5.91 Å². The number of hydrogen-bond acceptors (Lipinski definition) is 3. The molecule has 0 saturated carbocycles. The molecule has 0 spiro atoms. The van der Waals surface area contributed by atoms with Gasteiger partial charge in [0.15, 0.2) is 0 Å². The SMILES string of the molecule is COc1ccc(F)cc1-c1ccc(C(=O)N2CCN(C)C(=O)C2C)cc1. The minimum atomic E-state index is -0.482. The Morgan fingerprint density at radius 3 is 2.50 bits per heavy atom. The second kappa shape index (κ2) is 7.15. The molecule has 2 aromatic rings. The highest BCUT2D eigenvalue weighted by molar-refractivity contribution is 5.98. The van der Waals surface area contributed by atoms with E-state index in [0.717, 1.165) is 5.56 Å². The molecule has 0 bridgehead atoms. The van der Waals surface area contributed by atoms with E-state index in [0.29, 0.717) is 30.0 Å². The first-order chi connectivity index (χ1) is 12.4. The van der Waals surface area contributed by atoms with Gasteiger partial charge in [-0.05, 0) is 42.8 Å². The molecule has 5 nitrogen and oxygen atoms in total. The van der Waals surface area contributed by atoms with E-state index in [9.17, 15) is 14.0 Å². The van der Waals surface area contributed by atoms with E-state index in [-0.39, 0.29) is 17.6 Å². The Kier molecular flexibility index (Phi) is 4.93. The molecule has 136 valence electrons. The molecule has 2 amide bonds. The summed E-state index contributed by atoms with van der Waals surface area (Å²) >= 11 is 0. The van der Waals surface area contributed by atoms with Crippen molar-refractivity contribution in [2.75, 3.05) is 27.2 Å². The minimum absolute atomic E-state index is 0.0642. The van der Waals surface area contributed by atoms with Crippen molar-refractivity contribution in [2.45, 2.75) is 13.0 Å². The van der Waals surface area contributed by atoms with E-state index in [1.54, 1.807) is 54.1 Å². The fourth-order valence-electron chi connectivity index (χ4n) is 3.16. The molecule has 1 aliphatic heterocycles. The number of amides is 2. The maximum Gasteiger partial charge on any atom is 0.254 e. The molecule has 0 aromatic heterocycles. The summed E-state index contributed by atoms with van der Waals surface area (Å²) in [5.41, 5.74) is 1.86. The maximum absolute atomic E-state index is 13.6. The van der Waals surface area contributed by atoms with Gasteiger partial charge in [0.2, 0.25) is 5.91 Å². The van der Waals surface area contributed by atoms with Crippen LogP contribution in [0.3, 0.4) is 0 Å². The first kappa shape index (κ1) is 17.9. The van der Waals surface area contributed by atoms with Crippen LogP contribution in [0.25, 0.3) is 11.1 Å². The standard InChI is InChI=1S/C20H21FN2O3/c1-13-19(24)22(2)10-11-23(13)20(25)15-6-4-14(5-7-15)17-12-16(21)8-9-18(17)26-3/h4-9,12-13H,10-11H2,1-3H3. The quantitative estimate of drug-likeness (QED) is 0.850. The molecule has 1 unspecified atom stereocenters. The van der Waals surface area contributed by atoms with E-state index in [2.05, 4.69) is 0 Å². The van der Waals surface area contributed by atoms with Gasteiger partial charge in [0, 0.05) is 31.3 Å². The summed E-state index contributed by atoms with van der Waals surface area (Å²) < 4.78 is 18.9. The molecule has 0 radical (unpaired) electrons. The van der Waals surface area contributed by atoms with E-state index in [1.165, 1.54) is 19.2 Å². The molecule has 6 heteroatoms. The lowest BCUT2D eigenvalue weighted by atomic mass is 10.0. The highest BCUT2D eigenvalue weighted by Crippen LogP contribution is 2.31. The lowest BCUT2D eigenvalue weighted by molar-refractivity contribution is -0.137. The molecular formula is C20H21FN2O3. The molecule has 1 heterocycles. The van der Waals surface area contributed by atoms with E-state index < -0.39 is 6.04 Å². The van der Waals surface area contributed by atoms with Crippen LogP contribution in [0.1, 0.15) is 17.3 Å². The zero-order valence-electron chi connectivity index (χ0n) is 15.0. The second-order valence-corrected chi connectivity index (χ2v) is 6.36. The van der Waals surface area contributed by atoms with Gasteiger partial charge in [0.1, 0.15) is 17.6 Å². The fourth-order valence-corrected chi connectivity index (χ4v) is 3.16. The lowest BCUT2D eigenvalue weighted by Crippen LogP contribution is -2.56. The summed E-state index contributed by atoms with van der Waals surface area (Å²) in [5, 5.41) is 0. The van der Waals surface area contributed by atoms with Gasteiger partial charge >= 0.3 is 0 Å². The van der Waals surface area contributed by atoms with Crippen molar-refractivity contribution in [1.82, 2.24) is 9.80 Å². The van der Waals surface area contributed by atoms with Crippen molar-refractivity contribution < 1.29 is 18.7 Å². The first-order valence-electron chi connectivity index (χ1n) is 8.42. The van der Waals surface area contributed by atoms with E-state index >= 15 is 0 Å². The Labute approximate surface area is 152 Å². The normalized spacial score (nSPS) is 17.4. The number of carbonyl (C=O) groups is 2. The van der Waals surface area contributed by atoms with Crippen LogP contribution in [0, 0.1) is 5.82 Å². The van der Waals surface area contributed by atoms with Crippen LogP contribution in [-0.2, 0) is 4.79 Å². The van der Waals surface area contributed by atoms with Gasteiger partial charge in [-0.1, -0.05) is 12.1 Å². The van der Waals surface area contributed by atoms with Crippen molar-refractivity contribution in [3.05, 3.63) is 53.8 Å². The number of rotatable bonds is 3. The molecule has 3 rings (SSSR count). The Morgan fingerprint density at radius 2 is 1.85 bits per heavy atom. The number of methoxy groups -OCH3 is 1. The van der Waals surface area contributed by atoms with Crippen molar-refractivity contribution in [2.24, 2.45) is 0 Å². The van der Waals surface area contributed by atoms with Gasteiger partial charge in [0.05, 0.1) is 7.11 Å². The topological polar surface area (TPSA) is 49.9 Å². The van der Waals surface area contributed by atoms with Crippen LogP contribution in [-0.4, -0.2) is 54.9 Å². The number of benzene rings is 2. The summed E-state index contributed by atoms with van der Waals surface area (Å²) in [4.78, 5) is 28.1. The average molecular weight is 356 g/mol. The molecular weight excluding hydrogens is 335 g/mol. The lowest BCUT2D eigenvalue weighted by Gasteiger charge is -2.37. The highest BCUT2D eigenvalue weighted by Gasteiger charge is 2.32. The number of piperazine rings is 1. The second-order valence-electron chi connectivity index (χ2n) is 6.36. The number of carbonyl (C=O) groups excluding carboxylic acids is 2. The zero-order valence-corrected chi connectivity index (χ0v) is 15.0. The van der Waals surface area contributed by atoms with Crippen molar-refractivity contribution in [3.63, 3.8) is 0 Å². The first-order valence-corrected chi connectivity index (χ1v) is 8.42. The summed E-state index contributed by atoms with van der Waals surface area (Å²) in [6.07, 6.45) is 0. The Hall–Kier alpha value is -2.89. The summed E-state index contributed by atoms with van der Waals surface area (Å²) in [6.45, 7) is 2.76. The molecule has 26 heavy (non-hydrogen) atoms. The molecule has 1 fully saturated rings. The maximum atomic E-state index is 13.6. The predicted octanol–water partition coefficient (Wildman–Crippen LogP) is 2.80. The molecule has 1 atom stereocenters. The third-order valence-electron chi connectivity index (χ3n) is 4.74. The summed E-state index contributed by atoms with van der Waals surface area (Å²) in [5.74, 6) is -0.0445. The molecule has 1 saturated heterocycles. The van der Waals surface area contributed by atoms with Gasteiger partial charge in [-0.2, -0.15) is 0 Å². The van der Waals surface area contributed by atoms with Crippen LogP contribution in [0.2, 0.25) is 0 Å². The fraction of sp³-hybridized carbons (Fsp3) is 0.300. The van der Waals surface area contributed by atoms with Crippen LogP contribution in [0.4, 0.5) is 4.39 Å². The summed E-state index contributed by atoms with van der Waals surface area (Å²) in [6, 6.07) is 10.7. The monoisotopic (exact) mass is 356 g/mol. The highest BCUT2D eigenvalue weighted by atomic mass is 19.1. The van der Waals surface area contributed by atoms with E-state index in [1.807, 2.05) is 0 Å². The molecule has 0 aliphatic carbocycles. The Bertz CT molecular complexity index is 835. The van der Waals surface area contributed by atoms with Crippen LogP contribution in [0.15, 0.2) is 42.5 Å². The van der Waals surface area contributed by atoms with Crippen LogP contribution in [0.5, 0.6) is 5.75 Å². The minimum Gasteiger partial charge on any atom is -0.496 e. The number of nitrogens with zero attached hydrogens (tertiary/aromatic N) is 2. The molecule has 2 aromatic carbocycles. The smallest absolute Gasteiger partial charge is 0.254 e. The largest absolute Gasteiger partial charge is 0.496 e. The number of halogens is 1. The average Bonchev–Trinajstić information content (AvgIpc) is 2.66. The van der Waals surface area contributed by atoms with Gasteiger partial charge < -0.3 is 14.5 Å².